The lowest BCUT2D eigenvalue weighted by molar-refractivity contribution is -0.0995. The van der Waals surface area contributed by atoms with Crippen LogP contribution in [0.15, 0.2) is 15.9 Å². The minimum Gasteiger partial charge on any atom is -0.387 e. The van der Waals surface area contributed by atoms with E-state index < -0.39 is 6.10 Å². The van der Waals surface area contributed by atoms with Crippen LogP contribution in [0.3, 0.4) is 0 Å². The molecule has 0 spiro atoms. The van der Waals surface area contributed by atoms with Gasteiger partial charge in [0.2, 0.25) is 0 Å². The molecule has 1 aliphatic rings. The second kappa shape index (κ2) is 4.53. The van der Waals surface area contributed by atoms with Crippen molar-refractivity contribution in [3.8, 4) is 0 Å². The van der Waals surface area contributed by atoms with E-state index in [1.165, 1.54) is 6.42 Å². The van der Waals surface area contributed by atoms with Gasteiger partial charge in [0.25, 0.3) is 0 Å². The van der Waals surface area contributed by atoms with Crippen LogP contribution in [0.25, 0.3) is 0 Å². The molecule has 4 heteroatoms. The third kappa shape index (κ3) is 2.28. The molecular formula is C11H15BrO2S. The zero-order valence-electron chi connectivity index (χ0n) is 8.70. The minimum absolute atomic E-state index is 0.0666. The summed E-state index contributed by atoms with van der Waals surface area (Å²) in [5.74, 6) is 0. The number of halogens is 1. The van der Waals surface area contributed by atoms with Crippen LogP contribution in [0.2, 0.25) is 0 Å². The van der Waals surface area contributed by atoms with E-state index in [4.69, 9.17) is 4.74 Å². The van der Waals surface area contributed by atoms with Crippen LogP contribution in [-0.2, 0) is 4.74 Å². The van der Waals surface area contributed by atoms with Crippen LogP contribution < -0.4 is 0 Å². The number of hydrogen-bond acceptors (Lipinski definition) is 3. The van der Waals surface area contributed by atoms with E-state index in [9.17, 15) is 5.11 Å². The van der Waals surface area contributed by atoms with Gasteiger partial charge in [-0.1, -0.05) is 0 Å². The first-order chi connectivity index (χ1) is 7.17. The Kier molecular flexibility index (Phi) is 3.50. The molecule has 1 N–H and O–H groups in total. The highest BCUT2D eigenvalue weighted by Crippen LogP contribution is 2.43. The summed E-state index contributed by atoms with van der Waals surface area (Å²) in [4.78, 5) is 1.01. The fourth-order valence-electron chi connectivity index (χ4n) is 2.05. The average Bonchev–Trinajstić information content (AvgIpc) is 2.58. The van der Waals surface area contributed by atoms with Gasteiger partial charge in [-0.3, -0.25) is 0 Å². The van der Waals surface area contributed by atoms with E-state index in [0.29, 0.717) is 6.42 Å². The molecule has 1 aromatic rings. The van der Waals surface area contributed by atoms with Gasteiger partial charge in [0.1, 0.15) is 0 Å². The zero-order valence-corrected chi connectivity index (χ0v) is 11.1. The molecule has 1 aliphatic carbocycles. The first kappa shape index (κ1) is 11.6. The van der Waals surface area contributed by atoms with Crippen molar-refractivity contribution < 1.29 is 9.84 Å². The second-order valence-corrected chi connectivity index (χ2v) is 5.90. The molecule has 1 atom stereocenters. The average molecular weight is 291 g/mol. The molecule has 84 valence electrons. The van der Waals surface area contributed by atoms with Gasteiger partial charge in [0.05, 0.1) is 11.7 Å². The Hall–Kier alpha value is 0.100. The molecule has 1 saturated carbocycles. The van der Waals surface area contributed by atoms with Gasteiger partial charge in [-0.15, -0.1) is 11.3 Å². The van der Waals surface area contributed by atoms with Gasteiger partial charge in [-0.2, -0.15) is 0 Å². The van der Waals surface area contributed by atoms with E-state index in [1.807, 2.05) is 11.4 Å². The molecule has 0 bridgehead atoms. The highest BCUT2D eigenvalue weighted by molar-refractivity contribution is 9.10. The van der Waals surface area contributed by atoms with E-state index in [0.717, 1.165) is 22.2 Å². The van der Waals surface area contributed by atoms with Crippen LogP contribution in [0.1, 0.15) is 36.7 Å². The molecular weight excluding hydrogens is 276 g/mol. The molecule has 0 aliphatic heterocycles. The standard InChI is InChI=1S/C11H15BrO2S/c1-14-11(4-2-5-11)7-9(13)10-8(12)3-6-15-10/h3,6,9,13H,2,4-5,7H2,1H3. The summed E-state index contributed by atoms with van der Waals surface area (Å²) >= 11 is 5.04. The first-order valence-corrected chi connectivity index (χ1v) is 6.80. The predicted molar refractivity (Wildman–Crippen MR) is 65.2 cm³/mol. The summed E-state index contributed by atoms with van der Waals surface area (Å²) in [6, 6.07) is 1.98. The lowest BCUT2D eigenvalue weighted by Crippen LogP contribution is -2.40. The number of methoxy groups -OCH3 is 1. The largest absolute Gasteiger partial charge is 0.387 e. The summed E-state index contributed by atoms with van der Waals surface area (Å²) < 4.78 is 6.52. The van der Waals surface area contributed by atoms with Crippen molar-refractivity contribution in [1.29, 1.82) is 0 Å². The molecule has 1 aromatic heterocycles. The van der Waals surface area contributed by atoms with E-state index in [2.05, 4.69) is 15.9 Å². The lowest BCUT2D eigenvalue weighted by atomic mass is 9.76. The van der Waals surface area contributed by atoms with Crippen LogP contribution in [-0.4, -0.2) is 17.8 Å². The minimum atomic E-state index is -0.403. The number of aliphatic hydroxyl groups is 1. The topological polar surface area (TPSA) is 29.5 Å². The van der Waals surface area contributed by atoms with Gasteiger partial charge < -0.3 is 9.84 Å². The van der Waals surface area contributed by atoms with Crippen molar-refractivity contribution in [2.75, 3.05) is 7.11 Å². The first-order valence-electron chi connectivity index (χ1n) is 5.13. The fourth-order valence-corrected chi connectivity index (χ4v) is 3.67. The fraction of sp³-hybridized carbons (Fsp3) is 0.636. The van der Waals surface area contributed by atoms with Gasteiger partial charge in [-0.05, 0) is 46.6 Å². The van der Waals surface area contributed by atoms with Crippen LogP contribution in [0.4, 0.5) is 0 Å². The molecule has 2 nitrogen and oxygen atoms in total. The Bertz CT molecular complexity index is 328. The van der Waals surface area contributed by atoms with Crippen molar-refractivity contribution >= 4 is 27.3 Å². The maximum absolute atomic E-state index is 10.1. The van der Waals surface area contributed by atoms with E-state index in [1.54, 1.807) is 18.4 Å². The number of rotatable bonds is 4. The van der Waals surface area contributed by atoms with Gasteiger partial charge in [0.15, 0.2) is 0 Å². The maximum atomic E-state index is 10.1. The predicted octanol–water partition coefficient (Wildman–Crippen LogP) is 3.50. The van der Waals surface area contributed by atoms with Crippen molar-refractivity contribution in [3.63, 3.8) is 0 Å². The molecule has 0 aromatic carbocycles. The normalized spacial score (nSPS) is 21.0. The number of thiophene rings is 1. The van der Waals surface area contributed by atoms with Crippen LogP contribution in [0, 0.1) is 0 Å². The van der Waals surface area contributed by atoms with Crippen molar-refractivity contribution in [1.82, 2.24) is 0 Å². The molecule has 0 amide bonds. The number of aliphatic hydroxyl groups excluding tert-OH is 1. The molecule has 0 radical (unpaired) electrons. The Balaban J connectivity index is 2.03. The van der Waals surface area contributed by atoms with Crippen LogP contribution >= 0.6 is 27.3 Å². The summed E-state index contributed by atoms with van der Waals surface area (Å²) in [5.41, 5.74) is -0.0666. The summed E-state index contributed by atoms with van der Waals surface area (Å²) in [7, 11) is 1.75. The molecule has 1 unspecified atom stereocenters. The second-order valence-electron chi connectivity index (χ2n) is 4.09. The SMILES string of the molecule is COC1(CC(O)c2sccc2Br)CCC1. The van der Waals surface area contributed by atoms with Gasteiger partial charge in [-0.25, -0.2) is 0 Å². The number of ether oxygens (including phenoxy) is 1. The zero-order chi connectivity index (χ0) is 10.9. The molecule has 15 heavy (non-hydrogen) atoms. The highest BCUT2D eigenvalue weighted by Gasteiger charge is 2.39. The van der Waals surface area contributed by atoms with Gasteiger partial charge in [0, 0.05) is 22.9 Å². The Morgan fingerprint density at radius 2 is 2.40 bits per heavy atom. The Morgan fingerprint density at radius 1 is 1.67 bits per heavy atom. The third-order valence-corrected chi connectivity index (χ3v) is 5.18. The van der Waals surface area contributed by atoms with Gasteiger partial charge >= 0.3 is 0 Å². The molecule has 0 saturated heterocycles. The molecule has 2 rings (SSSR count). The van der Waals surface area contributed by atoms with Crippen molar-refractivity contribution in [2.45, 2.75) is 37.4 Å². The molecule has 1 fully saturated rings. The van der Waals surface area contributed by atoms with Crippen molar-refractivity contribution in [2.24, 2.45) is 0 Å². The lowest BCUT2D eigenvalue weighted by Gasteiger charge is -2.41. The summed E-state index contributed by atoms with van der Waals surface area (Å²) in [6.07, 6.45) is 3.67. The highest BCUT2D eigenvalue weighted by atomic mass is 79.9. The Labute approximate surface area is 102 Å². The van der Waals surface area contributed by atoms with Crippen molar-refractivity contribution in [3.05, 3.63) is 20.8 Å². The summed E-state index contributed by atoms with van der Waals surface area (Å²) in [6.45, 7) is 0. The molecule has 1 heterocycles. The monoisotopic (exact) mass is 290 g/mol. The number of hydrogen-bond donors (Lipinski definition) is 1. The summed E-state index contributed by atoms with van der Waals surface area (Å²) in [5, 5.41) is 12.1. The third-order valence-electron chi connectivity index (χ3n) is 3.21. The van der Waals surface area contributed by atoms with Crippen LogP contribution in [0.5, 0.6) is 0 Å². The smallest absolute Gasteiger partial charge is 0.0920 e. The Morgan fingerprint density at radius 3 is 2.80 bits per heavy atom. The quantitative estimate of drug-likeness (QED) is 0.920. The van der Waals surface area contributed by atoms with E-state index >= 15 is 0 Å². The van der Waals surface area contributed by atoms with E-state index in [-0.39, 0.29) is 5.60 Å². The maximum Gasteiger partial charge on any atom is 0.0920 e.